The summed E-state index contributed by atoms with van der Waals surface area (Å²) < 4.78 is 25.8. The molecule has 3 aliphatic heterocycles. The van der Waals surface area contributed by atoms with Gasteiger partial charge < -0.3 is 19.8 Å². The van der Waals surface area contributed by atoms with Gasteiger partial charge in [0.2, 0.25) is 6.79 Å². The summed E-state index contributed by atoms with van der Waals surface area (Å²) in [5.41, 5.74) is 7.61. The molecule has 7 nitrogen and oxygen atoms in total. The second-order valence-corrected chi connectivity index (χ2v) is 7.54. The molecule has 0 radical (unpaired) electrons. The molecule has 5 rings (SSSR count). The van der Waals surface area contributed by atoms with Crippen LogP contribution >= 0.6 is 11.8 Å². The fourth-order valence-corrected chi connectivity index (χ4v) is 3.87. The minimum Gasteiger partial charge on any atom is -0.454 e. The van der Waals surface area contributed by atoms with Crippen molar-refractivity contribution in [3.8, 4) is 23.0 Å². The standard InChI is InChI=1S/C20H16FN5O2S/c21-13-3-1-12(2-4-13)7-8-26-10-23-18(22)17-19(26)25-20(24-17)29-14-5-6-15-16(9-14)28-11-27-15/h1-6,9-10H,7-8,11,22H2. The molecular formula is C20H16FN5O2S. The second-order valence-electron chi connectivity index (χ2n) is 6.50. The highest BCUT2D eigenvalue weighted by molar-refractivity contribution is 7.99. The van der Waals surface area contributed by atoms with Crippen LogP contribution in [0.5, 0.6) is 11.5 Å². The first-order valence-corrected chi connectivity index (χ1v) is 9.78. The summed E-state index contributed by atoms with van der Waals surface area (Å²) in [4.78, 5) is 14.4. The number of benzene rings is 2. The third-order valence-corrected chi connectivity index (χ3v) is 5.43. The van der Waals surface area contributed by atoms with Gasteiger partial charge in [0.05, 0.1) is 6.33 Å². The van der Waals surface area contributed by atoms with E-state index in [1.807, 2.05) is 22.8 Å². The lowest BCUT2D eigenvalue weighted by Gasteiger charge is -2.11. The van der Waals surface area contributed by atoms with Crippen LogP contribution in [0.1, 0.15) is 5.56 Å². The largest absolute Gasteiger partial charge is 0.454 e. The van der Waals surface area contributed by atoms with Gasteiger partial charge in [-0.25, -0.2) is 19.3 Å². The van der Waals surface area contributed by atoms with Crippen LogP contribution in [0.3, 0.4) is 0 Å². The molecule has 0 saturated heterocycles. The van der Waals surface area contributed by atoms with Crippen LogP contribution in [0, 0.1) is 5.82 Å². The highest BCUT2D eigenvalue weighted by Gasteiger charge is 2.20. The summed E-state index contributed by atoms with van der Waals surface area (Å²) >= 11 is 1.42. The van der Waals surface area contributed by atoms with Crippen molar-refractivity contribution in [3.63, 3.8) is 0 Å². The number of halogens is 1. The number of rotatable bonds is 5. The van der Waals surface area contributed by atoms with Crippen molar-refractivity contribution in [2.45, 2.75) is 23.0 Å². The van der Waals surface area contributed by atoms with Crippen LogP contribution in [0.2, 0.25) is 0 Å². The highest BCUT2D eigenvalue weighted by Crippen LogP contribution is 2.38. The molecular weight excluding hydrogens is 393 g/mol. The SMILES string of the molecule is Nc1ncn(CCc2ccc(F)cc2)c2nc(Sc3ccc4c(c3)OCO4)nc1-2. The Morgan fingerprint density at radius 2 is 1.90 bits per heavy atom. The van der Waals surface area contributed by atoms with E-state index in [1.165, 1.54) is 23.9 Å². The zero-order chi connectivity index (χ0) is 19.8. The Kier molecular flexibility index (Phi) is 4.44. The van der Waals surface area contributed by atoms with Crippen molar-refractivity contribution in [3.05, 3.63) is 60.2 Å². The summed E-state index contributed by atoms with van der Waals surface area (Å²) in [5.74, 6) is 2.20. The fourth-order valence-electron chi connectivity index (χ4n) is 3.09. The molecule has 29 heavy (non-hydrogen) atoms. The smallest absolute Gasteiger partial charge is 0.231 e. The van der Waals surface area contributed by atoms with Gasteiger partial charge in [-0.05, 0) is 54.1 Å². The Bertz CT molecular complexity index is 1150. The lowest BCUT2D eigenvalue weighted by atomic mass is 10.1. The molecule has 0 aliphatic carbocycles. The van der Waals surface area contributed by atoms with Crippen LogP contribution < -0.4 is 15.2 Å². The fraction of sp³-hybridized carbons (Fsp3) is 0.150. The van der Waals surface area contributed by atoms with Crippen LogP contribution in [0.4, 0.5) is 10.2 Å². The molecule has 0 saturated carbocycles. The van der Waals surface area contributed by atoms with Crippen molar-refractivity contribution < 1.29 is 13.9 Å². The third-order valence-electron chi connectivity index (χ3n) is 4.58. The molecule has 0 fully saturated rings. The molecule has 0 atom stereocenters. The summed E-state index contributed by atoms with van der Waals surface area (Å²) in [7, 11) is 0. The molecule has 2 N–H and O–H groups in total. The molecule has 9 heteroatoms. The predicted octanol–water partition coefficient (Wildman–Crippen LogP) is 3.62. The topological polar surface area (TPSA) is 88.1 Å². The zero-order valence-corrected chi connectivity index (χ0v) is 16.0. The van der Waals surface area contributed by atoms with Gasteiger partial charge in [0.1, 0.15) is 5.82 Å². The van der Waals surface area contributed by atoms with Gasteiger partial charge in [0, 0.05) is 11.4 Å². The molecule has 0 unspecified atom stereocenters. The lowest BCUT2D eigenvalue weighted by Crippen LogP contribution is -2.10. The van der Waals surface area contributed by atoms with E-state index in [9.17, 15) is 4.39 Å². The van der Waals surface area contributed by atoms with E-state index >= 15 is 0 Å². The zero-order valence-electron chi connectivity index (χ0n) is 15.2. The number of aromatic nitrogens is 4. The van der Waals surface area contributed by atoms with Gasteiger partial charge in [-0.2, -0.15) is 0 Å². The Hall–Kier alpha value is -3.33. The average molecular weight is 409 g/mol. The number of aryl methyl sites for hydroxylation is 2. The number of nitrogens with two attached hydrogens (primary N) is 1. The lowest BCUT2D eigenvalue weighted by molar-refractivity contribution is 0.174. The number of nitrogen functional groups attached to an aromatic ring is 1. The highest BCUT2D eigenvalue weighted by atomic mass is 32.2. The monoisotopic (exact) mass is 409 g/mol. The van der Waals surface area contributed by atoms with Crippen molar-refractivity contribution in [1.29, 1.82) is 0 Å². The van der Waals surface area contributed by atoms with Crippen molar-refractivity contribution in [2.75, 3.05) is 12.5 Å². The Morgan fingerprint density at radius 3 is 2.76 bits per heavy atom. The van der Waals surface area contributed by atoms with E-state index in [1.54, 1.807) is 18.5 Å². The molecule has 0 bridgehead atoms. The minimum atomic E-state index is -0.245. The third kappa shape index (κ3) is 3.56. The Balaban J connectivity index is 1.40. The number of ether oxygens (including phenoxy) is 2. The van der Waals surface area contributed by atoms with Crippen LogP contribution in [0.25, 0.3) is 11.5 Å². The molecule has 3 aliphatic rings. The number of hydrogen-bond donors (Lipinski definition) is 1. The van der Waals surface area contributed by atoms with E-state index in [0.29, 0.717) is 41.2 Å². The van der Waals surface area contributed by atoms with Gasteiger partial charge in [0.15, 0.2) is 34.0 Å². The van der Waals surface area contributed by atoms with E-state index < -0.39 is 0 Å². The molecule has 146 valence electrons. The summed E-state index contributed by atoms with van der Waals surface area (Å²) in [6.07, 6.45) is 2.37. The molecule has 0 aromatic heterocycles. The predicted molar refractivity (Wildman–Crippen MR) is 106 cm³/mol. The molecule has 2 aromatic rings. The van der Waals surface area contributed by atoms with E-state index in [4.69, 9.17) is 15.2 Å². The first-order valence-electron chi connectivity index (χ1n) is 8.96. The normalized spacial score (nSPS) is 12.6. The number of imidazole rings is 1. The number of nitrogens with zero attached hydrogens (tertiary/aromatic N) is 4. The van der Waals surface area contributed by atoms with Gasteiger partial charge in [-0.1, -0.05) is 12.1 Å². The van der Waals surface area contributed by atoms with Crippen LogP contribution in [-0.4, -0.2) is 26.3 Å². The molecule has 0 spiro atoms. The first kappa shape index (κ1) is 17.7. The second kappa shape index (κ2) is 7.25. The number of anilines is 1. The van der Waals surface area contributed by atoms with E-state index in [-0.39, 0.29) is 12.6 Å². The van der Waals surface area contributed by atoms with Crippen LogP contribution in [0.15, 0.2) is 58.8 Å². The van der Waals surface area contributed by atoms with Crippen molar-refractivity contribution >= 4 is 17.6 Å². The molecule has 2 aromatic carbocycles. The van der Waals surface area contributed by atoms with E-state index in [0.717, 1.165) is 16.2 Å². The molecule has 3 heterocycles. The summed E-state index contributed by atoms with van der Waals surface area (Å²) in [6, 6.07) is 12.2. The minimum absolute atomic E-state index is 0.233. The Labute approximate surface area is 170 Å². The summed E-state index contributed by atoms with van der Waals surface area (Å²) in [5, 5.41) is 0.578. The van der Waals surface area contributed by atoms with E-state index in [2.05, 4.69) is 15.0 Å². The van der Waals surface area contributed by atoms with Gasteiger partial charge in [0.25, 0.3) is 0 Å². The quantitative estimate of drug-likeness (QED) is 0.539. The maximum absolute atomic E-state index is 13.1. The average Bonchev–Trinajstić information content (AvgIpc) is 3.36. The van der Waals surface area contributed by atoms with Crippen molar-refractivity contribution in [2.24, 2.45) is 0 Å². The van der Waals surface area contributed by atoms with Crippen LogP contribution in [-0.2, 0) is 13.0 Å². The van der Waals surface area contributed by atoms with Gasteiger partial charge >= 0.3 is 0 Å². The Morgan fingerprint density at radius 1 is 1.07 bits per heavy atom. The van der Waals surface area contributed by atoms with Gasteiger partial charge in [-0.15, -0.1) is 0 Å². The number of hydrogen-bond acceptors (Lipinski definition) is 7. The molecule has 0 amide bonds. The van der Waals surface area contributed by atoms with Gasteiger partial charge in [-0.3, -0.25) is 0 Å². The maximum atomic E-state index is 13.1. The van der Waals surface area contributed by atoms with Crippen molar-refractivity contribution in [1.82, 2.24) is 19.5 Å². The number of fused-ring (bicyclic) bond motifs is 2. The maximum Gasteiger partial charge on any atom is 0.231 e. The first-order chi connectivity index (χ1) is 14.2. The summed E-state index contributed by atoms with van der Waals surface area (Å²) in [6.45, 7) is 0.860.